The van der Waals surface area contributed by atoms with E-state index >= 15 is 0 Å². The third-order valence-electron chi connectivity index (χ3n) is 2.49. The van der Waals surface area contributed by atoms with Crippen molar-refractivity contribution in [3.63, 3.8) is 0 Å². The number of aromatic nitrogens is 5. The highest BCUT2D eigenvalue weighted by Gasteiger charge is 2.22. The predicted octanol–water partition coefficient (Wildman–Crippen LogP) is 0.276. The minimum absolute atomic E-state index is 0.108. The molecule has 0 aromatic carbocycles. The van der Waals surface area contributed by atoms with E-state index in [4.69, 9.17) is 4.74 Å². The number of anilines is 1. The Kier molecular flexibility index (Phi) is 3.78. The fourth-order valence-corrected chi connectivity index (χ4v) is 1.60. The number of ether oxygens (including phenoxy) is 1. The van der Waals surface area contributed by atoms with Gasteiger partial charge in [-0.1, -0.05) is 5.21 Å². The zero-order valence-electron chi connectivity index (χ0n) is 11.3. The molecule has 2 heterocycles. The number of hydrogen-bond donors (Lipinski definition) is 2. The molecule has 0 saturated carbocycles. The second kappa shape index (κ2) is 5.51. The van der Waals surface area contributed by atoms with Crippen LogP contribution in [0.2, 0.25) is 0 Å². The molecule has 0 aliphatic heterocycles. The van der Waals surface area contributed by atoms with Crippen LogP contribution in [-0.4, -0.2) is 43.7 Å². The van der Waals surface area contributed by atoms with Crippen LogP contribution in [0, 0.1) is 6.92 Å². The van der Waals surface area contributed by atoms with Crippen LogP contribution in [0.5, 0.6) is 0 Å². The lowest BCUT2D eigenvalue weighted by Gasteiger charge is -2.04. The summed E-state index contributed by atoms with van der Waals surface area (Å²) in [7, 11) is 1.65. The number of aryl methyl sites for hydroxylation is 2. The first-order valence-electron chi connectivity index (χ1n) is 5.92. The van der Waals surface area contributed by atoms with E-state index in [-0.39, 0.29) is 23.7 Å². The van der Waals surface area contributed by atoms with E-state index in [1.165, 1.54) is 10.9 Å². The number of esters is 1. The molecule has 9 nitrogen and oxygen atoms in total. The van der Waals surface area contributed by atoms with Crippen LogP contribution in [-0.2, 0) is 11.8 Å². The van der Waals surface area contributed by atoms with Gasteiger partial charge in [0.25, 0.3) is 5.91 Å². The molecule has 0 aliphatic carbocycles. The van der Waals surface area contributed by atoms with Crippen LogP contribution in [0.15, 0.2) is 6.20 Å². The molecule has 0 radical (unpaired) electrons. The van der Waals surface area contributed by atoms with Crippen molar-refractivity contribution >= 4 is 17.7 Å². The molecular formula is C11H14N6O3. The fourth-order valence-electron chi connectivity index (χ4n) is 1.60. The predicted molar refractivity (Wildman–Crippen MR) is 68.2 cm³/mol. The molecular weight excluding hydrogens is 264 g/mol. The van der Waals surface area contributed by atoms with E-state index in [1.807, 2.05) is 0 Å². The highest BCUT2D eigenvalue weighted by Crippen LogP contribution is 2.17. The average Bonchev–Trinajstić information content (AvgIpc) is 2.96. The molecule has 20 heavy (non-hydrogen) atoms. The Labute approximate surface area is 114 Å². The maximum absolute atomic E-state index is 11.9. The Balaban J connectivity index is 2.22. The first kappa shape index (κ1) is 13.7. The highest BCUT2D eigenvalue weighted by atomic mass is 16.5. The summed E-state index contributed by atoms with van der Waals surface area (Å²) in [4.78, 5) is 23.7. The smallest absolute Gasteiger partial charge is 0.343 e. The van der Waals surface area contributed by atoms with Crippen LogP contribution in [0.4, 0.5) is 5.82 Å². The van der Waals surface area contributed by atoms with Gasteiger partial charge in [0, 0.05) is 12.7 Å². The molecule has 0 saturated heterocycles. The van der Waals surface area contributed by atoms with Gasteiger partial charge in [0.2, 0.25) is 0 Å². The van der Waals surface area contributed by atoms with Gasteiger partial charge in [-0.15, -0.1) is 5.10 Å². The number of nitrogens with zero attached hydrogens (tertiary/aromatic N) is 4. The zero-order valence-corrected chi connectivity index (χ0v) is 11.3. The number of amides is 1. The molecule has 0 fully saturated rings. The van der Waals surface area contributed by atoms with Crippen molar-refractivity contribution in [3.8, 4) is 0 Å². The Morgan fingerprint density at radius 1 is 1.50 bits per heavy atom. The molecule has 0 atom stereocenters. The normalized spacial score (nSPS) is 10.3. The highest BCUT2D eigenvalue weighted by molar-refractivity contribution is 6.06. The number of H-pyrrole nitrogens is 1. The summed E-state index contributed by atoms with van der Waals surface area (Å²) in [6, 6.07) is 0. The molecule has 0 aliphatic rings. The average molecular weight is 278 g/mol. The second-order valence-electron chi connectivity index (χ2n) is 4.02. The van der Waals surface area contributed by atoms with Crippen molar-refractivity contribution in [2.75, 3.05) is 11.9 Å². The van der Waals surface area contributed by atoms with Gasteiger partial charge in [-0.05, 0) is 13.8 Å². The van der Waals surface area contributed by atoms with Crippen LogP contribution >= 0.6 is 0 Å². The summed E-state index contributed by atoms with van der Waals surface area (Å²) in [5, 5.41) is 16.3. The lowest BCUT2D eigenvalue weighted by atomic mass is 10.2. The summed E-state index contributed by atoms with van der Waals surface area (Å²) in [6.45, 7) is 3.60. The van der Waals surface area contributed by atoms with Crippen molar-refractivity contribution in [3.05, 3.63) is 23.1 Å². The zero-order chi connectivity index (χ0) is 14.7. The monoisotopic (exact) mass is 278 g/mol. The molecule has 9 heteroatoms. The van der Waals surface area contributed by atoms with Gasteiger partial charge in [0.05, 0.1) is 12.8 Å². The van der Waals surface area contributed by atoms with Crippen molar-refractivity contribution < 1.29 is 14.3 Å². The maximum atomic E-state index is 11.9. The number of carbonyl (C=O) groups excluding carboxylic acids is 2. The van der Waals surface area contributed by atoms with Crippen LogP contribution in [0.3, 0.4) is 0 Å². The van der Waals surface area contributed by atoms with Gasteiger partial charge >= 0.3 is 5.97 Å². The van der Waals surface area contributed by atoms with Crippen LogP contribution < -0.4 is 5.32 Å². The number of nitrogens with one attached hydrogen (secondary N) is 2. The summed E-state index contributed by atoms with van der Waals surface area (Å²) in [5.41, 5.74) is 0.838. The Morgan fingerprint density at radius 2 is 2.25 bits per heavy atom. The number of aromatic amines is 1. The molecule has 2 aromatic rings. The second-order valence-corrected chi connectivity index (χ2v) is 4.02. The molecule has 2 rings (SSSR count). The molecule has 1 amide bonds. The SMILES string of the molecule is CCOC(=O)c1c(NC(=O)c2cn(C)nn2)n[nH]c1C. The lowest BCUT2D eigenvalue weighted by molar-refractivity contribution is 0.0527. The first-order chi connectivity index (χ1) is 9.52. The van der Waals surface area contributed by atoms with E-state index in [0.29, 0.717) is 5.69 Å². The van der Waals surface area contributed by atoms with Gasteiger partial charge < -0.3 is 10.1 Å². The molecule has 2 aromatic heterocycles. The Hall–Kier alpha value is -2.71. The topological polar surface area (TPSA) is 115 Å². The standard InChI is InChI=1S/C11H14N6O3/c1-4-20-11(19)8-6(2)13-15-9(8)12-10(18)7-5-17(3)16-14-7/h5H,4H2,1-3H3,(H2,12,13,15,18). The van der Waals surface area contributed by atoms with Gasteiger partial charge in [0.1, 0.15) is 5.56 Å². The minimum Gasteiger partial charge on any atom is -0.462 e. The third kappa shape index (κ3) is 2.66. The summed E-state index contributed by atoms with van der Waals surface area (Å²) in [6.07, 6.45) is 1.46. The van der Waals surface area contributed by atoms with Gasteiger partial charge in [-0.3, -0.25) is 14.6 Å². The number of rotatable bonds is 4. The first-order valence-corrected chi connectivity index (χ1v) is 5.92. The van der Waals surface area contributed by atoms with Crippen LogP contribution in [0.1, 0.15) is 33.5 Å². The Morgan fingerprint density at radius 3 is 2.85 bits per heavy atom. The quantitative estimate of drug-likeness (QED) is 0.776. The van der Waals surface area contributed by atoms with Crippen molar-refractivity contribution in [1.82, 2.24) is 25.2 Å². The van der Waals surface area contributed by atoms with Crippen molar-refractivity contribution in [1.29, 1.82) is 0 Å². The summed E-state index contributed by atoms with van der Waals surface area (Å²) >= 11 is 0. The largest absolute Gasteiger partial charge is 0.462 e. The van der Waals surface area contributed by atoms with E-state index in [1.54, 1.807) is 20.9 Å². The van der Waals surface area contributed by atoms with Crippen LogP contribution in [0.25, 0.3) is 0 Å². The van der Waals surface area contributed by atoms with E-state index in [9.17, 15) is 9.59 Å². The van der Waals surface area contributed by atoms with Crippen molar-refractivity contribution in [2.45, 2.75) is 13.8 Å². The van der Waals surface area contributed by atoms with E-state index < -0.39 is 11.9 Å². The Bertz CT molecular complexity index is 644. The van der Waals surface area contributed by atoms with E-state index in [2.05, 4.69) is 25.8 Å². The van der Waals surface area contributed by atoms with Gasteiger partial charge in [0.15, 0.2) is 11.5 Å². The number of hydrogen-bond acceptors (Lipinski definition) is 6. The minimum atomic E-state index is -0.548. The fraction of sp³-hybridized carbons (Fsp3) is 0.364. The van der Waals surface area contributed by atoms with Gasteiger partial charge in [-0.2, -0.15) is 5.10 Å². The molecule has 0 spiro atoms. The summed E-state index contributed by atoms with van der Waals surface area (Å²) in [5.74, 6) is -0.944. The lowest BCUT2D eigenvalue weighted by Crippen LogP contribution is -2.16. The molecule has 0 unspecified atom stereocenters. The summed E-state index contributed by atoms with van der Waals surface area (Å²) < 4.78 is 6.32. The third-order valence-corrected chi connectivity index (χ3v) is 2.49. The van der Waals surface area contributed by atoms with E-state index in [0.717, 1.165) is 0 Å². The molecule has 106 valence electrons. The molecule has 0 bridgehead atoms. The van der Waals surface area contributed by atoms with Crippen molar-refractivity contribution in [2.24, 2.45) is 7.05 Å². The van der Waals surface area contributed by atoms with Gasteiger partial charge in [-0.25, -0.2) is 4.79 Å². The number of carbonyl (C=O) groups is 2. The maximum Gasteiger partial charge on any atom is 0.343 e. The molecule has 2 N–H and O–H groups in total.